The molecule has 1 aliphatic rings. The molecule has 1 fully saturated rings. The van der Waals surface area contributed by atoms with Crippen LogP contribution < -0.4 is 0 Å². The number of carbonyl (C=O) groups excluding carboxylic acids is 1. The zero-order valence-electron chi connectivity index (χ0n) is 17.5. The quantitative estimate of drug-likeness (QED) is 0.766. The van der Waals surface area contributed by atoms with Crippen molar-refractivity contribution in [3.05, 3.63) is 70.8 Å². The first-order valence-electron chi connectivity index (χ1n) is 10.3. The molecule has 1 heterocycles. The number of benzene rings is 2. The lowest BCUT2D eigenvalue weighted by Crippen LogP contribution is -2.35. The minimum Gasteiger partial charge on any atom is -0.507 e. The smallest absolute Gasteiger partial charge is 0.407 e. The van der Waals surface area contributed by atoms with Crippen LogP contribution in [-0.2, 0) is 0 Å². The molecular formula is C24H28N2O4. The van der Waals surface area contributed by atoms with Gasteiger partial charge in [0.15, 0.2) is 0 Å². The number of likely N-dealkylation sites (tertiary alicyclic amines) is 1. The molecule has 0 atom stereocenters. The van der Waals surface area contributed by atoms with Crippen LogP contribution in [0.4, 0.5) is 4.79 Å². The van der Waals surface area contributed by atoms with Gasteiger partial charge in [-0.3, -0.25) is 4.79 Å². The second-order valence-corrected chi connectivity index (χ2v) is 7.32. The second-order valence-electron chi connectivity index (χ2n) is 7.32. The Bertz CT molecular complexity index is 936. The summed E-state index contributed by atoms with van der Waals surface area (Å²) in [6, 6.07) is 14.6. The summed E-state index contributed by atoms with van der Waals surface area (Å²) in [5, 5.41) is 19.7. The van der Waals surface area contributed by atoms with E-state index < -0.39 is 6.09 Å². The van der Waals surface area contributed by atoms with E-state index in [2.05, 4.69) is 0 Å². The molecule has 0 saturated carbocycles. The van der Waals surface area contributed by atoms with Gasteiger partial charge in [-0.25, -0.2) is 4.79 Å². The van der Waals surface area contributed by atoms with Crippen molar-refractivity contribution in [1.82, 2.24) is 9.80 Å². The molecule has 158 valence electrons. The van der Waals surface area contributed by atoms with Crippen LogP contribution >= 0.6 is 0 Å². The van der Waals surface area contributed by atoms with Crippen molar-refractivity contribution in [2.75, 3.05) is 26.2 Å². The number of phenolic OH excluding ortho intramolecular Hbond substituents is 1. The molecule has 2 aromatic carbocycles. The maximum atomic E-state index is 12.6. The van der Waals surface area contributed by atoms with Crippen LogP contribution in [-0.4, -0.2) is 58.2 Å². The topological polar surface area (TPSA) is 81.1 Å². The van der Waals surface area contributed by atoms with E-state index in [4.69, 9.17) is 0 Å². The van der Waals surface area contributed by atoms with E-state index in [9.17, 15) is 19.8 Å². The fourth-order valence-corrected chi connectivity index (χ4v) is 3.93. The Labute approximate surface area is 177 Å². The highest BCUT2D eigenvalue weighted by molar-refractivity contribution is 5.95. The molecule has 0 spiro atoms. The lowest BCUT2D eigenvalue weighted by molar-refractivity contribution is 0.0773. The molecule has 30 heavy (non-hydrogen) atoms. The summed E-state index contributed by atoms with van der Waals surface area (Å²) in [5.41, 5.74) is 4.28. The van der Waals surface area contributed by atoms with Gasteiger partial charge in [-0.2, -0.15) is 0 Å². The van der Waals surface area contributed by atoms with Crippen molar-refractivity contribution >= 4 is 17.6 Å². The Morgan fingerprint density at radius 1 is 0.933 bits per heavy atom. The molecule has 6 nitrogen and oxygen atoms in total. The predicted molar refractivity (Wildman–Crippen MR) is 117 cm³/mol. The molecule has 0 unspecified atom stereocenters. The predicted octanol–water partition coefficient (Wildman–Crippen LogP) is 4.45. The minimum absolute atomic E-state index is 0.00178. The van der Waals surface area contributed by atoms with Crippen LogP contribution in [0.5, 0.6) is 5.75 Å². The number of amides is 2. The van der Waals surface area contributed by atoms with Crippen molar-refractivity contribution in [2.24, 2.45) is 0 Å². The van der Waals surface area contributed by atoms with Crippen LogP contribution in [0, 0.1) is 0 Å². The number of hydrogen-bond acceptors (Lipinski definition) is 3. The molecule has 0 aliphatic carbocycles. The Morgan fingerprint density at radius 2 is 1.50 bits per heavy atom. The van der Waals surface area contributed by atoms with E-state index in [1.54, 1.807) is 17.0 Å². The van der Waals surface area contributed by atoms with Gasteiger partial charge in [0.1, 0.15) is 5.75 Å². The van der Waals surface area contributed by atoms with Gasteiger partial charge < -0.3 is 20.0 Å². The summed E-state index contributed by atoms with van der Waals surface area (Å²) in [6.07, 6.45) is 0.309. The summed E-state index contributed by atoms with van der Waals surface area (Å²) < 4.78 is 0. The van der Waals surface area contributed by atoms with Crippen LogP contribution in [0.3, 0.4) is 0 Å². The number of piperidine rings is 1. The molecule has 1 aliphatic heterocycles. The fraction of sp³-hybridized carbons (Fsp3) is 0.333. The van der Waals surface area contributed by atoms with Crippen molar-refractivity contribution in [3.8, 4) is 5.75 Å². The van der Waals surface area contributed by atoms with Gasteiger partial charge in [-0.1, -0.05) is 35.9 Å². The molecule has 1 saturated heterocycles. The van der Waals surface area contributed by atoms with Crippen molar-refractivity contribution < 1.29 is 19.8 Å². The molecule has 2 amide bonds. The van der Waals surface area contributed by atoms with E-state index in [0.717, 1.165) is 22.3 Å². The van der Waals surface area contributed by atoms with Crippen LogP contribution in [0.25, 0.3) is 5.57 Å². The van der Waals surface area contributed by atoms with E-state index in [-0.39, 0.29) is 11.7 Å². The summed E-state index contributed by atoms with van der Waals surface area (Å²) in [7, 11) is 0. The van der Waals surface area contributed by atoms with E-state index >= 15 is 0 Å². The summed E-state index contributed by atoms with van der Waals surface area (Å²) in [5.74, 6) is 0.182. The standard InChI is InChI=1S/C24H28N2O4/c1-3-25(4-2)23(28)19-11-9-17(10-12-19)22(20-7-5-6-8-21(20)27)18-13-15-26(16-14-18)24(29)30/h5-12,27H,3-4,13-16H2,1-2H3,(H,29,30). The van der Waals surface area contributed by atoms with Gasteiger partial charge >= 0.3 is 6.09 Å². The molecule has 0 bridgehead atoms. The molecule has 2 N–H and O–H groups in total. The van der Waals surface area contributed by atoms with E-state index in [1.807, 2.05) is 50.2 Å². The zero-order chi connectivity index (χ0) is 21.7. The highest BCUT2D eigenvalue weighted by Gasteiger charge is 2.23. The first-order chi connectivity index (χ1) is 14.5. The lowest BCUT2D eigenvalue weighted by Gasteiger charge is -2.28. The van der Waals surface area contributed by atoms with Gasteiger partial charge in [-0.05, 0) is 56.0 Å². The van der Waals surface area contributed by atoms with Gasteiger partial charge in [0.25, 0.3) is 5.91 Å². The average Bonchev–Trinajstić information content (AvgIpc) is 2.77. The minimum atomic E-state index is -0.905. The number of para-hydroxylation sites is 1. The molecule has 0 aromatic heterocycles. The van der Waals surface area contributed by atoms with Crippen LogP contribution in [0.15, 0.2) is 54.1 Å². The fourth-order valence-electron chi connectivity index (χ4n) is 3.93. The monoisotopic (exact) mass is 408 g/mol. The SMILES string of the molecule is CCN(CC)C(=O)c1ccc(C(=C2CCN(C(=O)O)CC2)c2ccccc2O)cc1. The lowest BCUT2D eigenvalue weighted by atomic mass is 9.87. The third kappa shape index (κ3) is 4.48. The Balaban J connectivity index is 2.00. The molecular weight excluding hydrogens is 380 g/mol. The van der Waals surface area contributed by atoms with E-state index in [0.29, 0.717) is 44.6 Å². The van der Waals surface area contributed by atoms with Crippen molar-refractivity contribution in [1.29, 1.82) is 0 Å². The van der Waals surface area contributed by atoms with Gasteiger partial charge in [0.2, 0.25) is 0 Å². The van der Waals surface area contributed by atoms with Crippen molar-refractivity contribution in [3.63, 3.8) is 0 Å². The van der Waals surface area contributed by atoms with Gasteiger partial charge in [0.05, 0.1) is 0 Å². The third-order valence-corrected chi connectivity index (χ3v) is 5.64. The normalized spacial score (nSPS) is 13.8. The van der Waals surface area contributed by atoms with Gasteiger partial charge in [-0.15, -0.1) is 0 Å². The number of nitrogens with zero attached hydrogens (tertiary/aromatic N) is 2. The maximum absolute atomic E-state index is 12.6. The highest BCUT2D eigenvalue weighted by atomic mass is 16.4. The summed E-state index contributed by atoms with van der Waals surface area (Å²) >= 11 is 0. The molecule has 2 aromatic rings. The number of carbonyl (C=O) groups is 2. The van der Waals surface area contributed by atoms with Crippen LogP contribution in [0.2, 0.25) is 0 Å². The molecule has 6 heteroatoms. The third-order valence-electron chi connectivity index (χ3n) is 5.64. The number of rotatable bonds is 5. The largest absolute Gasteiger partial charge is 0.507 e. The van der Waals surface area contributed by atoms with Crippen LogP contribution in [0.1, 0.15) is 48.2 Å². The Kier molecular flexibility index (Phi) is 6.77. The Hall–Kier alpha value is -3.28. The number of phenols is 1. The maximum Gasteiger partial charge on any atom is 0.407 e. The zero-order valence-corrected chi connectivity index (χ0v) is 17.5. The van der Waals surface area contributed by atoms with Crippen molar-refractivity contribution in [2.45, 2.75) is 26.7 Å². The summed E-state index contributed by atoms with van der Waals surface area (Å²) in [4.78, 5) is 27.1. The molecule has 3 rings (SSSR count). The van der Waals surface area contributed by atoms with E-state index in [1.165, 1.54) is 4.90 Å². The second kappa shape index (κ2) is 9.48. The number of carboxylic acid groups (broad SMARTS) is 1. The first-order valence-corrected chi connectivity index (χ1v) is 10.3. The van der Waals surface area contributed by atoms with Gasteiger partial charge in [0, 0.05) is 37.3 Å². The first kappa shape index (κ1) is 21.4. The highest BCUT2D eigenvalue weighted by Crippen LogP contribution is 2.36. The number of aromatic hydroxyl groups is 1. The Morgan fingerprint density at radius 3 is 2.03 bits per heavy atom. The number of hydrogen-bond donors (Lipinski definition) is 2. The molecule has 0 radical (unpaired) electrons. The summed E-state index contributed by atoms with van der Waals surface area (Å²) in [6.45, 7) is 6.09. The average molecular weight is 408 g/mol.